The Morgan fingerprint density at radius 1 is 1.07 bits per heavy atom. The largest absolute Gasteiger partial charge is 0.379 e. The number of hydrogen-bond acceptors (Lipinski definition) is 6. The van der Waals surface area contributed by atoms with Crippen LogP contribution in [0, 0.1) is 0 Å². The molecule has 7 nitrogen and oxygen atoms in total. The van der Waals surface area contributed by atoms with E-state index >= 15 is 0 Å². The van der Waals surface area contributed by atoms with E-state index in [-0.39, 0.29) is 4.90 Å². The first-order chi connectivity index (χ1) is 13.6. The first-order valence-corrected chi connectivity index (χ1v) is 11.3. The highest BCUT2D eigenvalue weighted by Crippen LogP contribution is 2.25. The summed E-state index contributed by atoms with van der Waals surface area (Å²) >= 11 is 0. The van der Waals surface area contributed by atoms with Crippen LogP contribution in [0.15, 0.2) is 41.4 Å². The Hall–Kier alpha value is -2.03. The van der Waals surface area contributed by atoms with Gasteiger partial charge in [0, 0.05) is 30.9 Å². The molecule has 150 valence electrons. The Labute approximate surface area is 166 Å². The van der Waals surface area contributed by atoms with Gasteiger partial charge in [-0.2, -0.15) is 4.31 Å². The maximum Gasteiger partial charge on any atom is 0.243 e. The number of rotatable bonds is 5. The van der Waals surface area contributed by atoms with Crippen LogP contribution in [0.3, 0.4) is 0 Å². The van der Waals surface area contributed by atoms with Gasteiger partial charge in [0.15, 0.2) is 0 Å². The second kappa shape index (κ2) is 8.55. The van der Waals surface area contributed by atoms with Gasteiger partial charge in [-0.25, -0.2) is 18.4 Å². The zero-order valence-corrected chi connectivity index (χ0v) is 16.7. The molecule has 28 heavy (non-hydrogen) atoms. The first-order valence-electron chi connectivity index (χ1n) is 9.91. The molecular formula is C20H26N4O3S. The Morgan fingerprint density at radius 3 is 2.64 bits per heavy atom. The molecule has 0 bridgehead atoms. The van der Waals surface area contributed by atoms with Gasteiger partial charge in [-0.05, 0) is 31.0 Å². The highest BCUT2D eigenvalue weighted by molar-refractivity contribution is 7.89. The van der Waals surface area contributed by atoms with Crippen LogP contribution in [0.5, 0.6) is 0 Å². The summed E-state index contributed by atoms with van der Waals surface area (Å²) in [5, 5.41) is 3.42. The molecule has 0 atom stereocenters. The number of benzene rings is 1. The van der Waals surface area contributed by atoms with Gasteiger partial charge >= 0.3 is 0 Å². The number of sulfonamides is 1. The van der Waals surface area contributed by atoms with Crippen LogP contribution in [-0.4, -0.2) is 55.0 Å². The predicted octanol–water partition coefficient (Wildman–Crippen LogP) is 2.91. The highest BCUT2D eigenvalue weighted by Gasteiger charge is 2.26. The van der Waals surface area contributed by atoms with Crippen LogP contribution in [0.4, 0.5) is 5.95 Å². The molecule has 4 rings (SSSR count). The minimum absolute atomic E-state index is 0.285. The van der Waals surface area contributed by atoms with Crippen LogP contribution < -0.4 is 5.32 Å². The van der Waals surface area contributed by atoms with Crippen molar-refractivity contribution >= 4 is 16.0 Å². The Kier molecular flexibility index (Phi) is 5.89. The normalized spacial score (nSPS) is 19.4. The van der Waals surface area contributed by atoms with Crippen LogP contribution in [-0.2, 0) is 14.8 Å². The minimum atomic E-state index is -3.53. The number of morpholine rings is 1. The molecule has 1 aliphatic carbocycles. The lowest BCUT2D eigenvalue weighted by Gasteiger charge is -2.26. The number of nitrogens with zero attached hydrogens (tertiary/aromatic N) is 3. The summed E-state index contributed by atoms with van der Waals surface area (Å²) in [7, 11) is -3.53. The molecule has 8 heteroatoms. The molecule has 1 aliphatic heterocycles. The van der Waals surface area contributed by atoms with Gasteiger partial charge in [-0.3, -0.25) is 0 Å². The van der Waals surface area contributed by atoms with Crippen LogP contribution in [0.25, 0.3) is 11.3 Å². The molecule has 2 heterocycles. The van der Waals surface area contributed by atoms with Gasteiger partial charge < -0.3 is 10.1 Å². The molecule has 1 saturated carbocycles. The smallest absolute Gasteiger partial charge is 0.243 e. The number of hydrogen-bond donors (Lipinski definition) is 1. The summed E-state index contributed by atoms with van der Waals surface area (Å²) in [4.78, 5) is 9.25. The number of anilines is 1. The Bertz CT molecular complexity index is 907. The van der Waals surface area contributed by atoms with Crippen molar-refractivity contribution in [3.8, 4) is 11.3 Å². The monoisotopic (exact) mass is 402 g/mol. The molecule has 2 aliphatic rings. The summed E-state index contributed by atoms with van der Waals surface area (Å²) in [6, 6.07) is 9.20. The van der Waals surface area contributed by atoms with Gasteiger partial charge in [0.1, 0.15) is 0 Å². The zero-order valence-electron chi connectivity index (χ0n) is 15.9. The lowest BCUT2D eigenvalue weighted by atomic mass is 9.96. The third-order valence-corrected chi connectivity index (χ3v) is 7.23. The van der Waals surface area contributed by atoms with E-state index in [1.807, 2.05) is 12.1 Å². The van der Waals surface area contributed by atoms with Crippen LogP contribution >= 0.6 is 0 Å². The summed E-state index contributed by atoms with van der Waals surface area (Å²) in [6.45, 7) is 1.63. The average Bonchev–Trinajstić information content (AvgIpc) is 2.75. The summed E-state index contributed by atoms with van der Waals surface area (Å²) in [5.41, 5.74) is 1.48. The van der Waals surface area contributed by atoms with Crippen molar-refractivity contribution < 1.29 is 13.2 Å². The third kappa shape index (κ3) is 4.34. The second-order valence-electron chi connectivity index (χ2n) is 7.29. The molecule has 2 fully saturated rings. The predicted molar refractivity (Wildman–Crippen MR) is 108 cm³/mol. The van der Waals surface area contributed by atoms with E-state index in [0.29, 0.717) is 44.0 Å². The van der Waals surface area contributed by atoms with Gasteiger partial charge in [0.25, 0.3) is 0 Å². The van der Waals surface area contributed by atoms with Crippen molar-refractivity contribution in [3.05, 3.63) is 36.5 Å². The molecule has 1 N–H and O–H groups in total. The Morgan fingerprint density at radius 2 is 1.86 bits per heavy atom. The number of nitrogens with one attached hydrogen (secondary N) is 1. The molecule has 1 aromatic carbocycles. The fourth-order valence-corrected chi connectivity index (χ4v) is 5.22. The summed E-state index contributed by atoms with van der Waals surface area (Å²) < 4.78 is 32.6. The maximum atomic E-state index is 12.9. The van der Waals surface area contributed by atoms with Crippen molar-refractivity contribution in [1.29, 1.82) is 0 Å². The van der Waals surface area contributed by atoms with Crippen molar-refractivity contribution in [1.82, 2.24) is 14.3 Å². The molecule has 1 saturated heterocycles. The lowest BCUT2D eigenvalue weighted by molar-refractivity contribution is 0.0730. The van der Waals surface area contributed by atoms with E-state index in [0.717, 1.165) is 18.4 Å². The number of aromatic nitrogens is 2. The van der Waals surface area contributed by atoms with E-state index in [1.54, 1.807) is 24.4 Å². The minimum Gasteiger partial charge on any atom is -0.379 e. The van der Waals surface area contributed by atoms with E-state index in [4.69, 9.17) is 4.74 Å². The Balaban J connectivity index is 1.56. The fourth-order valence-electron chi connectivity index (χ4n) is 3.77. The quantitative estimate of drug-likeness (QED) is 0.828. The van der Waals surface area contributed by atoms with Gasteiger partial charge in [-0.1, -0.05) is 31.4 Å². The van der Waals surface area contributed by atoms with Crippen molar-refractivity contribution in [3.63, 3.8) is 0 Å². The molecule has 0 unspecified atom stereocenters. The van der Waals surface area contributed by atoms with Gasteiger partial charge in [0.05, 0.1) is 23.8 Å². The van der Waals surface area contributed by atoms with Crippen LogP contribution in [0.2, 0.25) is 0 Å². The molecule has 2 aromatic rings. The highest BCUT2D eigenvalue weighted by atomic mass is 32.2. The van der Waals surface area contributed by atoms with Gasteiger partial charge in [-0.15, -0.1) is 0 Å². The number of ether oxygens (including phenoxy) is 1. The van der Waals surface area contributed by atoms with Crippen molar-refractivity contribution in [2.45, 2.75) is 43.0 Å². The average molecular weight is 403 g/mol. The molecular weight excluding hydrogens is 376 g/mol. The summed E-state index contributed by atoms with van der Waals surface area (Å²) in [5.74, 6) is 0.603. The fraction of sp³-hybridized carbons (Fsp3) is 0.500. The van der Waals surface area contributed by atoms with Crippen LogP contribution in [0.1, 0.15) is 32.1 Å². The third-order valence-electron chi connectivity index (χ3n) is 5.33. The van der Waals surface area contributed by atoms with E-state index in [2.05, 4.69) is 15.3 Å². The molecule has 0 radical (unpaired) electrons. The molecule has 0 spiro atoms. The zero-order chi connectivity index (χ0) is 19.4. The molecule has 1 aromatic heterocycles. The topological polar surface area (TPSA) is 84.4 Å². The second-order valence-corrected chi connectivity index (χ2v) is 9.23. The SMILES string of the molecule is O=S(=O)(c1cccc(-c2ccnc(NC3CCCCC3)n2)c1)N1CCOCC1. The van der Waals surface area contributed by atoms with Gasteiger partial charge in [0.2, 0.25) is 16.0 Å². The first kappa shape index (κ1) is 19.3. The molecule has 0 amide bonds. The summed E-state index contributed by atoms with van der Waals surface area (Å²) in [6.07, 6.45) is 7.76. The van der Waals surface area contributed by atoms with E-state index in [1.165, 1.54) is 23.6 Å². The maximum absolute atomic E-state index is 12.9. The van der Waals surface area contributed by atoms with E-state index < -0.39 is 10.0 Å². The van der Waals surface area contributed by atoms with Crippen molar-refractivity contribution in [2.75, 3.05) is 31.6 Å². The lowest BCUT2D eigenvalue weighted by Crippen LogP contribution is -2.40. The van der Waals surface area contributed by atoms with E-state index in [9.17, 15) is 8.42 Å². The standard InChI is InChI=1S/C20H26N4O3S/c25-28(26,24-11-13-27-14-12-24)18-8-4-5-16(15-18)19-9-10-21-20(23-19)22-17-6-2-1-3-7-17/h4-5,8-10,15,17H,1-3,6-7,11-14H2,(H,21,22,23). The van der Waals surface area contributed by atoms with Crippen molar-refractivity contribution in [2.24, 2.45) is 0 Å².